The van der Waals surface area contributed by atoms with Crippen LogP contribution < -0.4 is 5.32 Å². The lowest BCUT2D eigenvalue weighted by Gasteiger charge is -2.24. The quantitative estimate of drug-likeness (QED) is 0.833. The molecule has 20 heavy (non-hydrogen) atoms. The Hall–Kier alpha value is -0.950. The van der Waals surface area contributed by atoms with Gasteiger partial charge in [0.1, 0.15) is 0 Å². The van der Waals surface area contributed by atoms with Gasteiger partial charge >= 0.3 is 0 Å². The summed E-state index contributed by atoms with van der Waals surface area (Å²) in [5, 5.41) is 13.3. The van der Waals surface area contributed by atoms with Crippen molar-refractivity contribution in [1.29, 1.82) is 0 Å². The SMILES string of the molecule is CC1(O)CCN(S(=O)(=O)c2cccc3c2CCNC3)C1. The fraction of sp³-hybridized carbons (Fsp3) is 0.571. The molecular formula is C14H20N2O3S. The summed E-state index contributed by atoms with van der Waals surface area (Å²) in [5.74, 6) is 0. The van der Waals surface area contributed by atoms with E-state index in [1.807, 2.05) is 6.07 Å². The van der Waals surface area contributed by atoms with E-state index < -0.39 is 15.6 Å². The van der Waals surface area contributed by atoms with Crippen LogP contribution in [0.4, 0.5) is 0 Å². The zero-order valence-corrected chi connectivity index (χ0v) is 12.4. The van der Waals surface area contributed by atoms with E-state index in [1.54, 1.807) is 19.1 Å². The van der Waals surface area contributed by atoms with Gasteiger partial charge in [-0.15, -0.1) is 0 Å². The average molecular weight is 296 g/mol. The van der Waals surface area contributed by atoms with Gasteiger partial charge in [-0.25, -0.2) is 8.42 Å². The van der Waals surface area contributed by atoms with Crippen LogP contribution >= 0.6 is 0 Å². The minimum absolute atomic E-state index is 0.178. The number of nitrogens with zero attached hydrogens (tertiary/aromatic N) is 1. The molecule has 0 spiro atoms. The molecule has 3 rings (SSSR count). The Kier molecular flexibility index (Phi) is 3.36. The van der Waals surface area contributed by atoms with Crippen molar-refractivity contribution in [3.05, 3.63) is 29.3 Å². The van der Waals surface area contributed by atoms with Gasteiger partial charge in [0.2, 0.25) is 10.0 Å². The molecule has 0 bridgehead atoms. The monoisotopic (exact) mass is 296 g/mol. The Morgan fingerprint density at radius 3 is 2.90 bits per heavy atom. The molecule has 1 aromatic carbocycles. The Morgan fingerprint density at radius 2 is 2.20 bits per heavy atom. The molecule has 0 aliphatic carbocycles. The summed E-state index contributed by atoms with van der Waals surface area (Å²) in [4.78, 5) is 0.411. The van der Waals surface area contributed by atoms with E-state index in [0.717, 1.165) is 30.6 Å². The number of aliphatic hydroxyl groups is 1. The Morgan fingerprint density at radius 1 is 1.40 bits per heavy atom. The standard InChI is InChI=1S/C14H20N2O3S/c1-14(17)6-8-16(10-14)20(18,19)13-4-2-3-11-9-15-7-5-12(11)13/h2-4,15,17H,5-10H2,1H3. The van der Waals surface area contributed by atoms with Gasteiger partial charge < -0.3 is 10.4 Å². The second kappa shape index (κ2) is 4.80. The molecule has 1 fully saturated rings. The maximum atomic E-state index is 12.8. The molecule has 0 saturated carbocycles. The predicted octanol–water partition coefficient (Wildman–Crippen LogP) is 0.478. The van der Waals surface area contributed by atoms with Crippen molar-refractivity contribution in [1.82, 2.24) is 9.62 Å². The van der Waals surface area contributed by atoms with Crippen LogP contribution in [0.15, 0.2) is 23.1 Å². The second-order valence-corrected chi connectivity index (χ2v) is 7.81. The van der Waals surface area contributed by atoms with E-state index in [-0.39, 0.29) is 6.54 Å². The first-order valence-corrected chi connectivity index (χ1v) is 8.38. The minimum Gasteiger partial charge on any atom is -0.389 e. The first-order valence-electron chi connectivity index (χ1n) is 6.94. The minimum atomic E-state index is -3.51. The van der Waals surface area contributed by atoms with Gasteiger partial charge in [-0.2, -0.15) is 4.31 Å². The van der Waals surface area contributed by atoms with E-state index >= 15 is 0 Å². The van der Waals surface area contributed by atoms with Crippen molar-refractivity contribution in [3.63, 3.8) is 0 Å². The fourth-order valence-corrected chi connectivity index (χ4v) is 4.84. The topological polar surface area (TPSA) is 69.6 Å². The molecule has 2 aliphatic heterocycles. The maximum Gasteiger partial charge on any atom is 0.243 e. The number of rotatable bonds is 2. The van der Waals surface area contributed by atoms with E-state index in [1.165, 1.54) is 4.31 Å². The molecule has 1 aromatic rings. The summed E-state index contributed by atoms with van der Waals surface area (Å²) in [6, 6.07) is 5.46. The lowest BCUT2D eigenvalue weighted by atomic mass is 10.0. The molecule has 2 aliphatic rings. The number of fused-ring (bicyclic) bond motifs is 1. The molecule has 6 heteroatoms. The smallest absolute Gasteiger partial charge is 0.243 e. The Bertz CT molecular complexity index is 625. The third-order valence-electron chi connectivity index (χ3n) is 4.13. The molecular weight excluding hydrogens is 276 g/mol. The highest BCUT2D eigenvalue weighted by Gasteiger charge is 2.39. The third kappa shape index (κ3) is 2.37. The summed E-state index contributed by atoms with van der Waals surface area (Å²) >= 11 is 0. The Balaban J connectivity index is 2.00. The van der Waals surface area contributed by atoms with Gasteiger partial charge in [0.25, 0.3) is 0 Å². The highest BCUT2D eigenvalue weighted by atomic mass is 32.2. The highest BCUT2D eigenvalue weighted by molar-refractivity contribution is 7.89. The van der Waals surface area contributed by atoms with Gasteiger partial charge in [0.05, 0.1) is 10.5 Å². The summed E-state index contributed by atoms with van der Waals surface area (Å²) in [6.45, 7) is 3.77. The van der Waals surface area contributed by atoms with Crippen LogP contribution in [0.2, 0.25) is 0 Å². The third-order valence-corrected chi connectivity index (χ3v) is 6.06. The molecule has 0 amide bonds. The number of β-amino-alcohol motifs (C(OH)–C–C–N with tert-alkyl or cyclic N) is 1. The van der Waals surface area contributed by atoms with Crippen LogP contribution in [-0.2, 0) is 23.0 Å². The van der Waals surface area contributed by atoms with Crippen molar-refractivity contribution in [2.45, 2.75) is 36.8 Å². The summed E-state index contributed by atoms with van der Waals surface area (Å²) in [6.07, 6.45) is 1.22. The summed E-state index contributed by atoms with van der Waals surface area (Å²) < 4.78 is 27.0. The second-order valence-electron chi connectivity index (χ2n) is 5.91. The van der Waals surface area contributed by atoms with E-state index in [0.29, 0.717) is 17.9 Å². The van der Waals surface area contributed by atoms with Crippen LogP contribution in [0.5, 0.6) is 0 Å². The number of hydrogen-bond donors (Lipinski definition) is 2. The largest absolute Gasteiger partial charge is 0.389 e. The number of benzene rings is 1. The van der Waals surface area contributed by atoms with Crippen LogP contribution in [0.25, 0.3) is 0 Å². The Labute approximate surface area is 119 Å². The lowest BCUT2D eigenvalue weighted by molar-refractivity contribution is 0.0762. The molecule has 2 heterocycles. The first kappa shape index (κ1) is 14.0. The van der Waals surface area contributed by atoms with Crippen molar-refractivity contribution in [3.8, 4) is 0 Å². The predicted molar refractivity (Wildman–Crippen MR) is 75.9 cm³/mol. The molecule has 1 saturated heterocycles. The van der Waals surface area contributed by atoms with Gasteiger partial charge in [-0.1, -0.05) is 12.1 Å². The summed E-state index contributed by atoms with van der Waals surface area (Å²) in [5.41, 5.74) is 1.07. The van der Waals surface area contributed by atoms with Crippen molar-refractivity contribution >= 4 is 10.0 Å². The van der Waals surface area contributed by atoms with Crippen molar-refractivity contribution < 1.29 is 13.5 Å². The summed E-state index contributed by atoms with van der Waals surface area (Å²) in [7, 11) is -3.51. The van der Waals surface area contributed by atoms with Gasteiger partial charge in [-0.05, 0) is 43.5 Å². The molecule has 0 aromatic heterocycles. The van der Waals surface area contributed by atoms with Gasteiger partial charge in [-0.3, -0.25) is 0 Å². The van der Waals surface area contributed by atoms with Gasteiger partial charge in [0, 0.05) is 19.6 Å². The molecule has 0 radical (unpaired) electrons. The number of hydrogen-bond acceptors (Lipinski definition) is 4. The zero-order chi connectivity index (χ0) is 14.4. The van der Waals surface area contributed by atoms with Crippen LogP contribution in [0.3, 0.4) is 0 Å². The van der Waals surface area contributed by atoms with Crippen LogP contribution in [-0.4, -0.2) is 43.1 Å². The van der Waals surface area contributed by atoms with E-state index in [9.17, 15) is 13.5 Å². The lowest BCUT2D eigenvalue weighted by Crippen LogP contribution is -2.35. The molecule has 1 atom stereocenters. The average Bonchev–Trinajstić information content (AvgIpc) is 2.79. The fourth-order valence-electron chi connectivity index (χ4n) is 2.99. The molecule has 1 unspecified atom stereocenters. The molecule has 5 nitrogen and oxygen atoms in total. The van der Waals surface area contributed by atoms with Crippen LogP contribution in [0, 0.1) is 0 Å². The normalized spacial score (nSPS) is 27.5. The molecule has 110 valence electrons. The number of nitrogens with one attached hydrogen (secondary N) is 1. The van der Waals surface area contributed by atoms with E-state index in [4.69, 9.17) is 0 Å². The first-order chi connectivity index (χ1) is 9.40. The van der Waals surface area contributed by atoms with E-state index in [2.05, 4.69) is 5.32 Å². The highest BCUT2D eigenvalue weighted by Crippen LogP contribution is 2.30. The van der Waals surface area contributed by atoms with Crippen LogP contribution in [0.1, 0.15) is 24.5 Å². The number of sulfonamides is 1. The van der Waals surface area contributed by atoms with Crippen molar-refractivity contribution in [2.75, 3.05) is 19.6 Å². The molecule has 2 N–H and O–H groups in total. The zero-order valence-electron chi connectivity index (χ0n) is 11.6. The van der Waals surface area contributed by atoms with Crippen molar-refractivity contribution in [2.24, 2.45) is 0 Å². The maximum absolute atomic E-state index is 12.8. The van der Waals surface area contributed by atoms with Gasteiger partial charge in [0.15, 0.2) is 0 Å².